The Hall–Kier alpha value is -1.18. The van der Waals surface area contributed by atoms with Crippen LogP contribution in [0.4, 0.5) is 0 Å². The van der Waals surface area contributed by atoms with Crippen LogP contribution in [0.2, 0.25) is 0 Å². The van der Waals surface area contributed by atoms with Crippen LogP contribution < -0.4 is 5.63 Å². The molecule has 0 saturated heterocycles. The van der Waals surface area contributed by atoms with Crippen molar-refractivity contribution in [3.05, 3.63) is 38.7 Å². The summed E-state index contributed by atoms with van der Waals surface area (Å²) in [6.07, 6.45) is 0. The van der Waals surface area contributed by atoms with Gasteiger partial charge in [0.05, 0.1) is 24.3 Å². The van der Waals surface area contributed by atoms with Gasteiger partial charge in [0, 0.05) is 17.5 Å². The van der Waals surface area contributed by atoms with Gasteiger partial charge in [-0.25, -0.2) is 9.36 Å². The minimum atomic E-state index is -3.69. The van der Waals surface area contributed by atoms with Gasteiger partial charge in [0.15, 0.2) is 0 Å². The summed E-state index contributed by atoms with van der Waals surface area (Å²) in [5, 5.41) is 10.2. The average Bonchev–Trinajstić information content (AvgIpc) is 2.47. The van der Waals surface area contributed by atoms with E-state index >= 15 is 0 Å². The highest BCUT2D eigenvalue weighted by molar-refractivity contribution is 9.10. The predicted octanol–water partition coefficient (Wildman–Crippen LogP) is 3.96. The standard InChI is InChI=1S/C14H16BrO7P/c1-3-19-23(18,20-4-2)21-8-9-5-14(17)22-13-7-12(16)11(15)6-10(9)13/h5-7,16H,3-4,8H2,1-2H3. The molecule has 1 aromatic heterocycles. The number of halogens is 1. The first kappa shape index (κ1) is 18.2. The first-order valence-corrected chi connectivity index (χ1v) is 9.12. The van der Waals surface area contributed by atoms with Gasteiger partial charge >= 0.3 is 13.4 Å². The molecular weight excluding hydrogens is 391 g/mol. The van der Waals surface area contributed by atoms with Crippen molar-refractivity contribution in [2.75, 3.05) is 13.2 Å². The average molecular weight is 407 g/mol. The van der Waals surface area contributed by atoms with Crippen LogP contribution in [-0.4, -0.2) is 18.3 Å². The smallest absolute Gasteiger partial charge is 0.475 e. The van der Waals surface area contributed by atoms with Gasteiger partial charge in [-0.15, -0.1) is 0 Å². The van der Waals surface area contributed by atoms with Crippen LogP contribution in [0.1, 0.15) is 19.4 Å². The fourth-order valence-electron chi connectivity index (χ4n) is 1.93. The Morgan fingerprint density at radius 2 is 1.83 bits per heavy atom. The van der Waals surface area contributed by atoms with E-state index in [4.69, 9.17) is 18.0 Å². The molecule has 0 unspecified atom stereocenters. The van der Waals surface area contributed by atoms with Crippen molar-refractivity contribution in [3.63, 3.8) is 0 Å². The molecule has 0 spiro atoms. The van der Waals surface area contributed by atoms with Gasteiger partial charge < -0.3 is 9.52 Å². The van der Waals surface area contributed by atoms with Crippen LogP contribution >= 0.6 is 23.8 Å². The molecule has 0 bridgehead atoms. The lowest BCUT2D eigenvalue weighted by Gasteiger charge is -2.16. The number of rotatable bonds is 7. The van der Waals surface area contributed by atoms with Crippen molar-refractivity contribution >= 4 is 34.7 Å². The number of phenols is 1. The van der Waals surface area contributed by atoms with Crippen molar-refractivity contribution < 1.29 is 27.7 Å². The molecule has 0 fully saturated rings. The lowest BCUT2D eigenvalue weighted by Crippen LogP contribution is -2.04. The van der Waals surface area contributed by atoms with E-state index in [1.807, 2.05) is 0 Å². The Labute approximate surface area is 140 Å². The second-order valence-corrected chi connectivity index (χ2v) is 6.97. The van der Waals surface area contributed by atoms with Gasteiger partial charge in [0.2, 0.25) is 0 Å². The summed E-state index contributed by atoms with van der Waals surface area (Å²) in [5.41, 5.74) is 0.0245. The molecule has 0 atom stereocenters. The van der Waals surface area contributed by atoms with Gasteiger partial charge in [-0.2, -0.15) is 0 Å². The summed E-state index contributed by atoms with van der Waals surface area (Å²) in [5.74, 6) is -0.0620. The highest BCUT2D eigenvalue weighted by atomic mass is 79.9. The Balaban J connectivity index is 2.37. The third-order valence-electron chi connectivity index (χ3n) is 2.85. The Kier molecular flexibility index (Phi) is 6.00. The molecule has 0 saturated carbocycles. The molecule has 1 aromatic carbocycles. The van der Waals surface area contributed by atoms with Crippen LogP contribution in [0, 0.1) is 0 Å². The van der Waals surface area contributed by atoms with Gasteiger partial charge in [-0.05, 0) is 41.4 Å². The molecule has 126 valence electrons. The summed E-state index contributed by atoms with van der Waals surface area (Å²) < 4.78 is 33.1. The molecule has 1 heterocycles. The second kappa shape index (κ2) is 7.59. The first-order chi connectivity index (χ1) is 10.9. The number of aromatic hydroxyl groups is 1. The van der Waals surface area contributed by atoms with Crippen LogP contribution in [-0.2, 0) is 24.7 Å². The zero-order valence-corrected chi connectivity index (χ0v) is 15.1. The zero-order chi connectivity index (χ0) is 17.0. The summed E-state index contributed by atoms with van der Waals surface area (Å²) in [6.45, 7) is 3.49. The van der Waals surface area contributed by atoms with Crippen molar-refractivity contribution in [1.29, 1.82) is 0 Å². The highest BCUT2D eigenvalue weighted by Gasteiger charge is 2.26. The highest BCUT2D eigenvalue weighted by Crippen LogP contribution is 2.50. The Morgan fingerprint density at radius 1 is 1.17 bits per heavy atom. The Morgan fingerprint density at radius 3 is 2.43 bits per heavy atom. The van der Waals surface area contributed by atoms with E-state index < -0.39 is 13.4 Å². The first-order valence-electron chi connectivity index (χ1n) is 6.87. The lowest BCUT2D eigenvalue weighted by atomic mass is 10.1. The van der Waals surface area contributed by atoms with E-state index in [0.29, 0.717) is 15.4 Å². The molecular formula is C14H16BrO7P. The maximum absolute atomic E-state index is 12.3. The van der Waals surface area contributed by atoms with E-state index in [-0.39, 0.29) is 31.2 Å². The summed E-state index contributed by atoms with van der Waals surface area (Å²) >= 11 is 3.19. The van der Waals surface area contributed by atoms with Gasteiger partial charge in [0.25, 0.3) is 0 Å². The number of hydrogen-bond acceptors (Lipinski definition) is 7. The maximum atomic E-state index is 12.3. The van der Waals surface area contributed by atoms with Gasteiger partial charge in [-0.1, -0.05) is 0 Å². The van der Waals surface area contributed by atoms with E-state index in [0.717, 1.165) is 0 Å². The molecule has 0 radical (unpaired) electrons. The number of phosphoric acid groups is 1. The van der Waals surface area contributed by atoms with Crippen molar-refractivity contribution in [2.24, 2.45) is 0 Å². The predicted molar refractivity (Wildman–Crippen MR) is 87.5 cm³/mol. The maximum Gasteiger partial charge on any atom is 0.475 e. The fraction of sp³-hybridized carbons (Fsp3) is 0.357. The van der Waals surface area contributed by atoms with E-state index in [1.54, 1.807) is 19.9 Å². The topological polar surface area (TPSA) is 95.2 Å². The molecule has 2 rings (SSSR count). The van der Waals surface area contributed by atoms with Crippen LogP contribution in [0.3, 0.4) is 0 Å². The molecule has 7 nitrogen and oxygen atoms in total. The van der Waals surface area contributed by atoms with E-state index in [9.17, 15) is 14.5 Å². The normalized spacial score (nSPS) is 12.0. The summed E-state index contributed by atoms with van der Waals surface area (Å²) in [7, 11) is -3.69. The van der Waals surface area contributed by atoms with Crippen LogP contribution in [0.25, 0.3) is 11.0 Å². The number of benzene rings is 1. The fourth-order valence-corrected chi connectivity index (χ4v) is 3.43. The molecule has 0 aliphatic rings. The summed E-state index contributed by atoms with van der Waals surface area (Å²) in [4.78, 5) is 11.6. The minimum Gasteiger partial charge on any atom is -0.507 e. The molecule has 0 aliphatic heterocycles. The number of phenolic OH excluding ortho intramolecular Hbond substituents is 1. The third kappa shape index (κ3) is 4.43. The second-order valence-electron chi connectivity index (χ2n) is 4.45. The largest absolute Gasteiger partial charge is 0.507 e. The molecule has 1 N–H and O–H groups in total. The zero-order valence-electron chi connectivity index (χ0n) is 12.6. The Bertz CT molecular complexity index is 792. The van der Waals surface area contributed by atoms with Gasteiger partial charge in [0.1, 0.15) is 11.3 Å². The molecule has 23 heavy (non-hydrogen) atoms. The van der Waals surface area contributed by atoms with Crippen molar-refractivity contribution in [3.8, 4) is 5.75 Å². The van der Waals surface area contributed by atoms with Crippen LogP contribution in [0.15, 0.2) is 31.9 Å². The lowest BCUT2D eigenvalue weighted by molar-refractivity contribution is 0.116. The number of phosphoric ester groups is 1. The van der Waals surface area contributed by atoms with E-state index in [1.165, 1.54) is 12.1 Å². The monoisotopic (exact) mass is 406 g/mol. The number of fused-ring (bicyclic) bond motifs is 1. The van der Waals surface area contributed by atoms with Gasteiger partial charge in [-0.3, -0.25) is 13.6 Å². The van der Waals surface area contributed by atoms with Crippen molar-refractivity contribution in [1.82, 2.24) is 0 Å². The molecule has 2 aromatic rings. The third-order valence-corrected chi connectivity index (χ3v) is 5.08. The van der Waals surface area contributed by atoms with Crippen LogP contribution in [0.5, 0.6) is 5.75 Å². The SMILES string of the molecule is CCOP(=O)(OCC)OCc1cc(=O)oc2cc(O)c(Br)cc12. The van der Waals surface area contributed by atoms with Crippen molar-refractivity contribution in [2.45, 2.75) is 20.5 Å². The summed E-state index contributed by atoms with van der Waals surface area (Å²) in [6, 6.07) is 4.13. The minimum absolute atomic E-state index is 0.0620. The molecule has 9 heteroatoms. The molecule has 0 aliphatic carbocycles. The quantitative estimate of drug-likeness (QED) is 0.548. The van der Waals surface area contributed by atoms with E-state index in [2.05, 4.69) is 15.9 Å². The molecule has 0 amide bonds. The number of hydrogen-bond donors (Lipinski definition) is 1.